The molecule has 0 aliphatic rings. The van der Waals surface area contributed by atoms with Crippen LogP contribution >= 0.6 is 0 Å². The molecule has 0 atom stereocenters. The van der Waals surface area contributed by atoms with E-state index in [1.54, 1.807) is 36.9 Å². The summed E-state index contributed by atoms with van der Waals surface area (Å²) < 4.78 is 0. The Balaban J connectivity index is 1.62. The van der Waals surface area contributed by atoms with Crippen LogP contribution in [0, 0.1) is 0 Å². The lowest BCUT2D eigenvalue weighted by molar-refractivity contribution is 0.0982. The topological polar surface area (TPSA) is 70.7 Å². The van der Waals surface area contributed by atoms with Crippen molar-refractivity contribution >= 4 is 5.78 Å². The van der Waals surface area contributed by atoms with Crippen LogP contribution in [0.5, 0.6) is 0 Å². The third-order valence-corrected chi connectivity index (χ3v) is 2.61. The van der Waals surface area contributed by atoms with Gasteiger partial charge in [0.05, 0.1) is 0 Å². The Morgan fingerprint density at radius 2 is 2.28 bits per heavy atom. The van der Waals surface area contributed by atoms with E-state index in [1.807, 2.05) is 0 Å². The van der Waals surface area contributed by atoms with Gasteiger partial charge in [-0.1, -0.05) is 0 Å². The lowest BCUT2D eigenvalue weighted by Gasteiger charge is -2.03. The van der Waals surface area contributed by atoms with E-state index >= 15 is 0 Å². The predicted octanol–water partition coefficient (Wildman–Crippen LogP) is 1.21. The summed E-state index contributed by atoms with van der Waals surface area (Å²) in [4.78, 5) is 22.8. The number of Topliss-reactive ketones (excluding diaryl/α,β-unsaturated/α-hetero) is 1. The molecule has 2 aromatic rings. The molecule has 0 spiro atoms. The fraction of sp³-hybridized carbons (Fsp3) is 0.308. The fourth-order valence-corrected chi connectivity index (χ4v) is 1.64. The minimum atomic E-state index is 0.119. The van der Waals surface area contributed by atoms with E-state index in [-0.39, 0.29) is 5.78 Å². The van der Waals surface area contributed by atoms with Crippen LogP contribution < -0.4 is 5.32 Å². The van der Waals surface area contributed by atoms with E-state index < -0.39 is 0 Å². The molecule has 0 bridgehead atoms. The Morgan fingerprint density at radius 3 is 3.00 bits per heavy atom. The van der Waals surface area contributed by atoms with Gasteiger partial charge in [0.2, 0.25) is 0 Å². The van der Waals surface area contributed by atoms with Crippen molar-refractivity contribution in [3.8, 4) is 0 Å². The molecule has 0 saturated heterocycles. The minimum Gasteiger partial charge on any atom is -0.349 e. The molecule has 0 aliphatic carbocycles. The highest BCUT2D eigenvalue weighted by Gasteiger charge is 2.04. The molecular formula is C13H16N4O. The molecular weight excluding hydrogens is 228 g/mol. The van der Waals surface area contributed by atoms with Crippen molar-refractivity contribution in [2.24, 2.45) is 0 Å². The molecule has 2 heterocycles. The number of pyridine rings is 1. The van der Waals surface area contributed by atoms with Gasteiger partial charge in [-0.15, -0.1) is 0 Å². The smallest absolute Gasteiger partial charge is 0.165 e. The Hall–Kier alpha value is -2.01. The summed E-state index contributed by atoms with van der Waals surface area (Å²) in [6, 6.07) is 3.57. The summed E-state index contributed by atoms with van der Waals surface area (Å²) in [6.45, 7) is 1.49. The highest BCUT2D eigenvalue weighted by Crippen LogP contribution is 2.00. The van der Waals surface area contributed by atoms with E-state index in [9.17, 15) is 4.79 Å². The number of carbonyl (C=O) groups excluding carboxylic acids is 1. The third-order valence-electron chi connectivity index (χ3n) is 2.61. The second-order valence-corrected chi connectivity index (χ2v) is 3.95. The maximum Gasteiger partial charge on any atom is 0.165 e. The Bertz CT molecular complexity index is 467. The number of hydrogen-bond donors (Lipinski definition) is 2. The van der Waals surface area contributed by atoms with Crippen LogP contribution in [0.15, 0.2) is 36.9 Å². The summed E-state index contributed by atoms with van der Waals surface area (Å²) in [7, 11) is 0. The lowest BCUT2D eigenvalue weighted by atomic mass is 10.1. The van der Waals surface area contributed by atoms with Crippen molar-refractivity contribution in [2.75, 3.05) is 13.1 Å². The molecule has 0 aliphatic heterocycles. The van der Waals surface area contributed by atoms with E-state index in [0.717, 1.165) is 18.8 Å². The molecule has 0 aromatic carbocycles. The average Bonchev–Trinajstić information content (AvgIpc) is 2.92. The summed E-state index contributed by atoms with van der Waals surface area (Å²) in [5.41, 5.74) is 0.672. The molecule has 94 valence electrons. The van der Waals surface area contributed by atoms with Crippen LogP contribution in [0.3, 0.4) is 0 Å². The van der Waals surface area contributed by atoms with Crippen molar-refractivity contribution < 1.29 is 4.79 Å². The van der Waals surface area contributed by atoms with Gasteiger partial charge >= 0.3 is 0 Å². The SMILES string of the molecule is O=C(CCNCCc1ncc[nH]1)c1cccnc1. The summed E-state index contributed by atoms with van der Waals surface area (Å²) in [6.07, 6.45) is 8.14. The second-order valence-electron chi connectivity index (χ2n) is 3.95. The molecule has 5 heteroatoms. The zero-order valence-corrected chi connectivity index (χ0v) is 10.1. The normalized spacial score (nSPS) is 10.4. The minimum absolute atomic E-state index is 0.119. The van der Waals surface area contributed by atoms with Gasteiger partial charge in [0.1, 0.15) is 5.82 Å². The lowest BCUT2D eigenvalue weighted by Crippen LogP contribution is -2.21. The zero-order valence-electron chi connectivity index (χ0n) is 10.1. The summed E-state index contributed by atoms with van der Waals surface area (Å²) >= 11 is 0. The van der Waals surface area contributed by atoms with Gasteiger partial charge in [-0.05, 0) is 12.1 Å². The summed E-state index contributed by atoms with van der Waals surface area (Å²) in [5, 5.41) is 3.22. The van der Waals surface area contributed by atoms with E-state index in [4.69, 9.17) is 0 Å². The number of hydrogen-bond acceptors (Lipinski definition) is 4. The van der Waals surface area contributed by atoms with Gasteiger partial charge in [0.15, 0.2) is 5.78 Å². The highest BCUT2D eigenvalue weighted by molar-refractivity contribution is 5.95. The van der Waals surface area contributed by atoms with Crippen LogP contribution in [0.2, 0.25) is 0 Å². The molecule has 0 amide bonds. The van der Waals surface area contributed by atoms with Crippen LogP contribution in [0.4, 0.5) is 0 Å². The van der Waals surface area contributed by atoms with Crippen molar-refractivity contribution in [1.29, 1.82) is 0 Å². The van der Waals surface area contributed by atoms with Crippen molar-refractivity contribution in [1.82, 2.24) is 20.3 Å². The number of nitrogens with one attached hydrogen (secondary N) is 2. The van der Waals surface area contributed by atoms with E-state index in [0.29, 0.717) is 18.5 Å². The number of imidazole rings is 1. The Labute approximate surface area is 106 Å². The first kappa shape index (κ1) is 12.4. The van der Waals surface area contributed by atoms with Crippen LogP contribution in [0.25, 0.3) is 0 Å². The maximum absolute atomic E-state index is 11.7. The first-order valence-corrected chi connectivity index (χ1v) is 5.98. The van der Waals surface area contributed by atoms with E-state index in [1.165, 1.54) is 0 Å². The number of nitrogens with zero attached hydrogens (tertiary/aromatic N) is 2. The van der Waals surface area contributed by atoms with Gasteiger partial charge in [-0.25, -0.2) is 4.98 Å². The highest BCUT2D eigenvalue weighted by atomic mass is 16.1. The number of H-pyrrole nitrogens is 1. The summed E-state index contributed by atoms with van der Waals surface area (Å²) in [5.74, 6) is 1.08. The second kappa shape index (κ2) is 6.66. The first-order valence-electron chi connectivity index (χ1n) is 5.98. The number of ketones is 1. The number of aromatic nitrogens is 3. The fourth-order valence-electron chi connectivity index (χ4n) is 1.64. The Kier molecular flexibility index (Phi) is 4.60. The maximum atomic E-state index is 11.7. The molecule has 18 heavy (non-hydrogen) atoms. The van der Waals surface area contributed by atoms with Gasteiger partial charge in [-0.2, -0.15) is 0 Å². The monoisotopic (exact) mass is 244 g/mol. The number of rotatable bonds is 7. The van der Waals surface area contributed by atoms with Crippen molar-refractivity contribution in [3.63, 3.8) is 0 Å². The largest absolute Gasteiger partial charge is 0.349 e. The zero-order chi connectivity index (χ0) is 12.6. The van der Waals surface area contributed by atoms with Gasteiger partial charge in [0.25, 0.3) is 0 Å². The first-order chi connectivity index (χ1) is 8.86. The van der Waals surface area contributed by atoms with Crippen molar-refractivity contribution in [2.45, 2.75) is 12.8 Å². The molecule has 0 saturated carbocycles. The van der Waals surface area contributed by atoms with Crippen LogP contribution in [-0.2, 0) is 6.42 Å². The standard InChI is InChI=1S/C13H16N4O/c18-12(11-2-1-5-15-10-11)3-6-14-7-4-13-16-8-9-17-13/h1-2,5,8-10,14H,3-4,6-7H2,(H,16,17). The van der Waals surface area contributed by atoms with E-state index in [2.05, 4.69) is 20.3 Å². The third kappa shape index (κ3) is 3.78. The quantitative estimate of drug-likeness (QED) is 0.567. The molecule has 0 fully saturated rings. The van der Waals surface area contributed by atoms with Crippen LogP contribution in [-0.4, -0.2) is 33.8 Å². The van der Waals surface area contributed by atoms with Gasteiger partial charge in [-0.3, -0.25) is 9.78 Å². The molecule has 0 radical (unpaired) electrons. The molecule has 2 rings (SSSR count). The van der Waals surface area contributed by atoms with Gasteiger partial charge < -0.3 is 10.3 Å². The average molecular weight is 244 g/mol. The predicted molar refractivity (Wildman–Crippen MR) is 68.3 cm³/mol. The Morgan fingerprint density at radius 1 is 1.33 bits per heavy atom. The molecule has 0 unspecified atom stereocenters. The van der Waals surface area contributed by atoms with Crippen molar-refractivity contribution in [3.05, 3.63) is 48.3 Å². The number of carbonyl (C=O) groups is 1. The van der Waals surface area contributed by atoms with Gasteiger partial charge in [0, 0.05) is 56.3 Å². The molecule has 5 nitrogen and oxygen atoms in total. The molecule has 2 N–H and O–H groups in total. The van der Waals surface area contributed by atoms with Crippen LogP contribution in [0.1, 0.15) is 22.6 Å². The molecule has 2 aromatic heterocycles. The number of aromatic amines is 1.